The summed E-state index contributed by atoms with van der Waals surface area (Å²) in [6.07, 6.45) is 0.501. The zero-order chi connectivity index (χ0) is 20.8. The van der Waals surface area contributed by atoms with Crippen molar-refractivity contribution in [3.05, 3.63) is 70.8 Å². The minimum absolute atomic E-state index is 0.0586. The number of rotatable bonds is 6. The van der Waals surface area contributed by atoms with E-state index in [0.29, 0.717) is 13.1 Å². The fourth-order valence-electron chi connectivity index (χ4n) is 3.96. The molecule has 5 nitrogen and oxygen atoms in total. The van der Waals surface area contributed by atoms with Crippen molar-refractivity contribution in [1.29, 1.82) is 0 Å². The number of benzene rings is 2. The Kier molecular flexibility index (Phi) is 7.29. The molecule has 5 heteroatoms. The average molecular weight is 396 g/mol. The Hall–Kier alpha value is -2.37. The summed E-state index contributed by atoms with van der Waals surface area (Å²) in [5, 5.41) is 3.08. The van der Waals surface area contributed by atoms with Gasteiger partial charge >= 0.3 is 6.03 Å². The molecule has 0 spiro atoms. The number of amides is 2. The van der Waals surface area contributed by atoms with Gasteiger partial charge in [-0.3, -0.25) is 4.90 Å². The Morgan fingerprint density at radius 2 is 1.62 bits per heavy atom. The van der Waals surface area contributed by atoms with Crippen LogP contribution < -0.4 is 5.32 Å². The van der Waals surface area contributed by atoms with Crippen LogP contribution >= 0.6 is 0 Å². The van der Waals surface area contributed by atoms with Crippen molar-refractivity contribution in [3.63, 3.8) is 0 Å². The summed E-state index contributed by atoms with van der Waals surface area (Å²) in [7, 11) is 1.84. The predicted octanol–water partition coefficient (Wildman–Crippen LogP) is 3.95. The van der Waals surface area contributed by atoms with Crippen LogP contribution in [0.5, 0.6) is 0 Å². The van der Waals surface area contributed by atoms with E-state index in [1.54, 1.807) is 4.90 Å². The van der Waals surface area contributed by atoms with Gasteiger partial charge in [-0.25, -0.2) is 4.79 Å². The lowest BCUT2D eigenvalue weighted by atomic mass is 10.1. The maximum absolute atomic E-state index is 12.6. The highest BCUT2D eigenvalue weighted by molar-refractivity contribution is 5.73. The molecule has 0 bridgehead atoms. The molecule has 0 aliphatic carbocycles. The molecule has 2 aromatic rings. The third-order valence-corrected chi connectivity index (χ3v) is 5.45. The van der Waals surface area contributed by atoms with Gasteiger partial charge in [-0.1, -0.05) is 48.5 Å². The second-order valence-corrected chi connectivity index (χ2v) is 8.16. The fourth-order valence-corrected chi connectivity index (χ4v) is 3.96. The van der Waals surface area contributed by atoms with Gasteiger partial charge in [-0.05, 0) is 43.0 Å². The summed E-state index contributed by atoms with van der Waals surface area (Å²) in [5.74, 6) is 0. The number of hydrogen-bond acceptors (Lipinski definition) is 3. The van der Waals surface area contributed by atoms with Gasteiger partial charge in [0.15, 0.2) is 0 Å². The van der Waals surface area contributed by atoms with Gasteiger partial charge in [0.05, 0.1) is 12.2 Å². The number of carbonyl (C=O) groups is 1. The molecule has 3 rings (SSSR count). The van der Waals surface area contributed by atoms with Gasteiger partial charge < -0.3 is 15.0 Å². The number of ether oxygens (including phenoxy) is 1. The van der Waals surface area contributed by atoms with E-state index in [2.05, 4.69) is 61.3 Å². The molecular formula is C24H33N3O2. The first-order valence-electron chi connectivity index (χ1n) is 10.4. The summed E-state index contributed by atoms with van der Waals surface area (Å²) in [6, 6.07) is 16.5. The second-order valence-electron chi connectivity index (χ2n) is 8.16. The topological polar surface area (TPSA) is 44.8 Å². The average Bonchev–Trinajstić information content (AvgIpc) is 2.68. The van der Waals surface area contributed by atoms with Crippen LogP contribution in [-0.2, 0) is 24.4 Å². The van der Waals surface area contributed by atoms with E-state index in [1.165, 1.54) is 16.7 Å². The third-order valence-electron chi connectivity index (χ3n) is 5.45. The number of nitrogens with one attached hydrogen (secondary N) is 1. The predicted molar refractivity (Wildman–Crippen MR) is 117 cm³/mol. The number of nitrogens with zero attached hydrogens (tertiary/aromatic N) is 2. The first kappa shape index (κ1) is 21.3. The minimum Gasteiger partial charge on any atom is -0.373 e. The van der Waals surface area contributed by atoms with Gasteiger partial charge in [0.2, 0.25) is 0 Å². The lowest BCUT2D eigenvalue weighted by Gasteiger charge is -2.35. The van der Waals surface area contributed by atoms with Crippen molar-refractivity contribution in [2.75, 3.05) is 20.1 Å². The number of hydrogen-bond donors (Lipinski definition) is 1. The van der Waals surface area contributed by atoms with Crippen LogP contribution in [0.3, 0.4) is 0 Å². The Morgan fingerprint density at radius 1 is 1.03 bits per heavy atom. The highest BCUT2D eigenvalue weighted by atomic mass is 16.5. The first-order chi connectivity index (χ1) is 13.9. The molecule has 29 heavy (non-hydrogen) atoms. The molecular weight excluding hydrogens is 362 g/mol. The van der Waals surface area contributed by atoms with E-state index in [4.69, 9.17) is 4.74 Å². The lowest BCUT2D eigenvalue weighted by Crippen LogP contribution is -2.45. The Labute approximate surface area is 174 Å². The molecule has 1 aliphatic rings. The van der Waals surface area contributed by atoms with Gasteiger partial charge in [-0.15, -0.1) is 0 Å². The molecule has 1 saturated heterocycles. The largest absolute Gasteiger partial charge is 0.373 e. The van der Waals surface area contributed by atoms with Gasteiger partial charge in [0.25, 0.3) is 0 Å². The molecule has 1 heterocycles. The SMILES string of the molecule is Cc1ccccc1CN(C)C(=O)NCc1ccccc1CN1CC(C)OC(C)C1. The minimum atomic E-state index is -0.0586. The molecule has 1 fully saturated rings. The Bertz CT molecular complexity index is 813. The van der Waals surface area contributed by atoms with Crippen molar-refractivity contribution in [2.45, 2.75) is 52.6 Å². The van der Waals surface area contributed by atoms with Crippen molar-refractivity contribution < 1.29 is 9.53 Å². The quantitative estimate of drug-likeness (QED) is 0.806. The van der Waals surface area contributed by atoms with Crippen LogP contribution in [0.2, 0.25) is 0 Å². The third kappa shape index (κ3) is 6.05. The van der Waals surface area contributed by atoms with Crippen LogP contribution in [0.15, 0.2) is 48.5 Å². The van der Waals surface area contributed by atoms with E-state index >= 15 is 0 Å². The normalized spacial score (nSPS) is 19.7. The Morgan fingerprint density at radius 3 is 2.28 bits per heavy atom. The molecule has 1 aliphatic heterocycles. The molecule has 156 valence electrons. The number of carbonyl (C=O) groups excluding carboxylic acids is 1. The van der Waals surface area contributed by atoms with Gasteiger partial charge in [0, 0.05) is 39.8 Å². The monoisotopic (exact) mass is 395 g/mol. The molecule has 0 radical (unpaired) electrons. The van der Waals surface area contributed by atoms with E-state index < -0.39 is 0 Å². The second kappa shape index (κ2) is 9.90. The summed E-state index contributed by atoms with van der Waals surface area (Å²) in [5.41, 5.74) is 4.79. The molecule has 2 amide bonds. The number of urea groups is 1. The Balaban J connectivity index is 1.57. The number of aryl methyl sites for hydroxylation is 1. The van der Waals surface area contributed by atoms with Crippen LogP contribution in [0.25, 0.3) is 0 Å². The molecule has 2 aromatic carbocycles. The van der Waals surface area contributed by atoms with Crippen molar-refractivity contribution in [2.24, 2.45) is 0 Å². The van der Waals surface area contributed by atoms with Gasteiger partial charge in [-0.2, -0.15) is 0 Å². The van der Waals surface area contributed by atoms with Crippen LogP contribution in [0.4, 0.5) is 4.79 Å². The number of morpholine rings is 1. The summed E-state index contributed by atoms with van der Waals surface area (Å²) in [4.78, 5) is 16.8. The molecule has 0 saturated carbocycles. The maximum Gasteiger partial charge on any atom is 0.317 e. The molecule has 2 atom stereocenters. The summed E-state index contributed by atoms with van der Waals surface area (Å²) in [6.45, 7) is 10.2. The highest BCUT2D eigenvalue weighted by Gasteiger charge is 2.22. The zero-order valence-electron chi connectivity index (χ0n) is 18.0. The molecule has 0 aromatic heterocycles. The van der Waals surface area contributed by atoms with E-state index in [1.807, 2.05) is 25.2 Å². The van der Waals surface area contributed by atoms with Crippen molar-refractivity contribution >= 4 is 6.03 Å². The van der Waals surface area contributed by atoms with Crippen LogP contribution in [0, 0.1) is 6.92 Å². The van der Waals surface area contributed by atoms with Crippen molar-refractivity contribution in [1.82, 2.24) is 15.1 Å². The maximum atomic E-state index is 12.6. The van der Waals surface area contributed by atoms with E-state index in [-0.39, 0.29) is 18.2 Å². The highest BCUT2D eigenvalue weighted by Crippen LogP contribution is 2.17. The summed E-state index contributed by atoms with van der Waals surface area (Å²) >= 11 is 0. The van der Waals surface area contributed by atoms with Gasteiger partial charge in [0.1, 0.15) is 0 Å². The molecule has 2 unspecified atom stereocenters. The molecule has 1 N–H and O–H groups in total. The standard InChI is InChI=1S/C24H33N3O2/c1-18-9-5-6-11-22(18)16-26(4)24(28)25-13-21-10-7-8-12-23(21)17-27-14-19(2)29-20(3)15-27/h5-12,19-20H,13-17H2,1-4H3,(H,25,28). The van der Waals surface area contributed by atoms with Crippen molar-refractivity contribution in [3.8, 4) is 0 Å². The fraction of sp³-hybridized carbons (Fsp3) is 0.458. The lowest BCUT2D eigenvalue weighted by molar-refractivity contribution is -0.0705. The smallest absolute Gasteiger partial charge is 0.317 e. The van der Waals surface area contributed by atoms with E-state index in [9.17, 15) is 4.79 Å². The van der Waals surface area contributed by atoms with Crippen LogP contribution in [-0.4, -0.2) is 48.2 Å². The first-order valence-corrected chi connectivity index (χ1v) is 10.4. The van der Waals surface area contributed by atoms with E-state index in [0.717, 1.165) is 25.2 Å². The zero-order valence-corrected chi connectivity index (χ0v) is 18.0. The summed E-state index contributed by atoms with van der Waals surface area (Å²) < 4.78 is 5.84. The van der Waals surface area contributed by atoms with Crippen LogP contribution in [0.1, 0.15) is 36.1 Å².